The number of fused-ring (bicyclic) bond motifs is 2. The Morgan fingerprint density at radius 3 is 2.83 bits per heavy atom. The Morgan fingerprint density at radius 2 is 1.98 bits per heavy atom. The molecule has 3 aliphatic rings. The van der Waals surface area contributed by atoms with E-state index >= 15 is 0 Å². The highest BCUT2D eigenvalue weighted by Gasteiger charge is 2.40. The van der Waals surface area contributed by atoms with E-state index in [0.29, 0.717) is 44.1 Å². The predicted octanol–water partition coefficient (Wildman–Crippen LogP) is 4.04. The van der Waals surface area contributed by atoms with Crippen molar-refractivity contribution in [2.24, 2.45) is 0 Å². The molecule has 2 aliphatic heterocycles. The van der Waals surface area contributed by atoms with Crippen LogP contribution < -0.4 is 10.6 Å². The Morgan fingerprint density at radius 1 is 1.10 bits per heavy atom. The third kappa shape index (κ3) is 6.32. The second kappa shape index (κ2) is 12.1. The number of rotatable bonds is 7. The van der Waals surface area contributed by atoms with Gasteiger partial charge in [0.15, 0.2) is 0 Å². The minimum absolute atomic E-state index is 0.142. The third-order valence-electron chi connectivity index (χ3n) is 8.31. The van der Waals surface area contributed by atoms with Crippen LogP contribution in [0.5, 0.6) is 0 Å². The molecule has 3 aromatic rings. The number of aryl methyl sites for hydroxylation is 1. The summed E-state index contributed by atoms with van der Waals surface area (Å²) < 4.78 is 65.8. The maximum absolute atomic E-state index is 13.7. The van der Waals surface area contributed by atoms with Crippen molar-refractivity contribution in [1.29, 1.82) is 0 Å². The van der Waals surface area contributed by atoms with Gasteiger partial charge in [-0.05, 0) is 61.9 Å². The highest BCUT2D eigenvalue weighted by atomic mass is 19.4. The molecule has 0 spiro atoms. The molecule has 2 N–H and O–H groups in total. The molecule has 1 aliphatic carbocycles. The van der Waals surface area contributed by atoms with Crippen molar-refractivity contribution in [2.75, 3.05) is 38.2 Å². The molecule has 224 valence electrons. The lowest BCUT2D eigenvalue weighted by Gasteiger charge is -2.26. The molecular weight excluding hydrogens is 556 g/mol. The topological polar surface area (TPSA) is 102 Å². The molecule has 2 fully saturated rings. The zero-order valence-corrected chi connectivity index (χ0v) is 22.9. The molecule has 4 heterocycles. The molecule has 9 nitrogen and oxygen atoms in total. The summed E-state index contributed by atoms with van der Waals surface area (Å²) in [6.45, 7) is 2.44. The van der Waals surface area contributed by atoms with Crippen molar-refractivity contribution in [3.05, 3.63) is 59.4 Å². The second-order valence-electron chi connectivity index (χ2n) is 11.0. The number of hydrogen-bond donors (Lipinski definition) is 2. The van der Waals surface area contributed by atoms with Crippen molar-refractivity contribution in [1.82, 2.24) is 25.2 Å². The first-order valence-corrected chi connectivity index (χ1v) is 14.2. The van der Waals surface area contributed by atoms with Gasteiger partial charge in [0, 0.05) is 49.5 Å². The van der Waals surface area contributed by atoms with Crippen molar-refractivity contribution in [2.45, 2.75) is 62.6 Å². The molecule has 2 aromatic heterocycles. The van der Waals surface area contributed by atoms with Crippen LogP contribution in [0.25, 0.3) is 10.9 Å². The number of nitrogens with zero attached hydrogens (tertiary/aromatic N) is 4. The molecule has 2 saturated heterocycles. The van der Waals surface area contributed by atoms with E-state index in [2.05, 4.69) is 30.5 Å². The zero-order chi connectivity index (χ0) is 29.3. The summed E-state index contributed by atoms with van der Waals surface area (Å²) >= 11 is 0. The number of pyridine rings is 1. The Bertz CT molecular complexity index is 1430. The number of halogens is 4. The van der Waals surface area contributed by atoms with Gasteiger partial charge in [-0.2, -0.15) is 17.6 Å². The molecule has 0 saturated carbocycles. The number of nitrogens with one attached hydrogen (secondary N) is 2. The molecule has 42 heavy (non-hydrogen) atoms. The van der Waals surface area contributed by atoms with Gasteiger partial charge in [0.1, 0.15) is 12.1 Å². The van der Waals surface area contributed by atoms with Crippen LogP contribution in [0.3, 0.4) is 0 Å². The third-order valence-corrected chi connectivity index (χ3v) is 8.31. The maximum atomic E-state index is 13.7. The number of anilines is 1. The number of aromatic nitrogens is 3. The lowest BCUT2D eigenvalue weighted by Crippen LogP contribution is -2.46. The van der Waals surface area contributed by atoms with Crippen LogP contribution in [0.1, 0.15) is 48.5 Å². The summed E-state index contributed by atoms with van der Waals surface area (Å²) in [5.74, 6) is -0.711. The largest absolute Gasteiger partial charge is 0.416 e. The van der Waals surface area contributed by atoms with Gasteiger partial charge >= 0.3 is 6.18 Å². The zero-order valence-electron chi connectivity index (χ0n) is 22.9. The summed E-state index contributed by atoms with van der Waals surface area (Å²) in [6.07, 6.45) is 1.94. The van der Waals surface area contributed by atoms with Crippen LogP contribution in [0, 0.1) is 5.95 Å². The Balaban J connectivity index is 1.15. The van der Waals surface area contributed by atoms with E-state index in [4.69, 9.17) is 9.47 Å². The van der Waals surface area contributed by atoms with E-state index in [-0.39, 0.29) is 41.9 Å². The predicted molar refractivity (Wildman–Crippen MR) is 145 cm³/mol. The molecule has 6 rings (SSSR count). The molecular formula is C29H32F4N6O3. The molecule has 1 aromatic carbocycles. The molecule has 13 heteroatoms. The van der Waals surface area contributed by atoms with Gasteiger partial charge in [-0.25, -0.2) is 15.0 Å². The molecule has 0 bridgehead atoms. The van der Waals surface area contributed by atoms with E-state index in [1.54, 1.807) is 0 Å². The molecule has 3 unspecified atom stereocenters. The van der Waals surface area contributed by atoms with Crippen molar-refractivity contribution < 1.29 is 31.8 Å². The minimum Gasteiger partial charge on any atom is -0.381 e. The van der Waals surface area contributed by atoms with E-state index < -0.39 is 17.7 Å². The second-order valence-corrected chi connectivity index (χ2v) is 11.0. The van der Waals surface area contributed by atoms with Crippen LogP contribution in [0.15, 0.2) is 36.8 Å². The number of likely N-dealkylation sites (tertiary alicyclic amines) is 1. The van der Waals surface area contributed by atoms with Crippen LogP contribution in [0.4, 0.5) is 23.4 Å². The fourth-order valence-electron chi connectivity index (χ4n) is 6.20. The average Bonchev–Trinajstić information content (AvgIpc) is 3.42. The normalized spacial score (nSPS) is 24.9. The van der Waals surface area contributed by atoms with Crippen LogP contribution in [-0.2, 0) is 26.9 Å². The fraction of sp³-hybridized carbons (Fsp3) is 0.517. The molecule has 0 radical (unpaired) electrons. The van der Waals surface area contributed by atoms with Crippen molar-refractivity contribution in [3.63, 3.8) is 0 Å². The smallest absolute Gasteiger partial charge is 0.381 e. The van der Waals surface area contributed by atoms with Gasteiger partial charge in [-0.3, -0.25) is 9.69 Å². The number of amides is 1. The lowest BCUT2D eigenvalue weighted by atomic mass is 10.1. The summed E-state index contributed by atoms with van der Waals surface area (Å²) in [6, 6.07) is 4.66. The first-order valence-electron chi connectivity index (χ1n) is 14.2. The first kappa shape index (κ1) is 28.7. The lowest BCUT2D eigenvalue weighted by molar-refractivity contribution is -0.137. The summed E-state index contributed by atoms with van der Waals surface area (Å²) in [7, 11) is 0. The van der Waals surface area contributed by atoms with Gasteiger partial charge in [0.05, 0.1) is 35.9 Å². The molecule has 4 atom stereocenters. The van der Waals surface area contributed by atoms with E-state index in [1.165, 1.54) is 24.7 Å². The number of alkyl halides is 3. The number of ether oxygens (including phenoxy) is 2. The Hall–Kier alpha value is -3.42. The molecule has 1 amide bonds. The summed E-state index contributed by atoms with van der Waals surface area (Å²) in [5, 5.41) is 6.14. The van der Waals surface area contributed by atoms with E-state index in [0.717, 1.165) is 49.1 Å². The SMILES string of the molecule is O=C(CNc1ncnc2ccc(C(F)(F)F)cc12)NC1CN(C2CCCOCC2)C[C@@H]1OC1CCc2cc(F)ncc21. The van der Waals surface area contributed by atoms with Gasteiger partial charge in [-0.15, -0.1) is 0 Å². The van der Waals surface area contributed by atoms with Gasteiger partial charge in [0.2, 0.25) is 11.9 Å². The maximum Gasteiger partial charge on any atom is 0.416 e. The van der Waals surface area contributed by atoms with Gasteiger partial charge in [-0.1, -0.05) is 0 Å². The van der Waals surface area contributed by atoms with Gasteiger partial charge < -0.3 is 20.1 Å². The van der Waals surface area contributed by atoms with Crippen molar-refractivity contribution >= 4 is 22.6 Å². The summed E-state index contributed by atoms with van der Waals surface area (Å²) in [5.41, 5.74) is 1.27. The number of carbonyl (C=O) groups is 1. The highest BCUT2D eigenvalue weighted by Crippen LogP contribution is 2.37. The monoisotopic (exact) mass is 588 g/mol. The first-order chi connectivity index (χ1) is 20.2. The average molecular weight is 589 g/mol. The Labute approximate surface area is 240 Å². The summed E-state index contributed by atoms with van der Waals surface area (Å²) in [4.78, 5) is 27.4. The highest BCUT2D eigenvalue weighted by molar-refractivity contribution is 5.91. The fourth-order valence-corrected chi connectivity index (χ4v) is 6.20. The van der Waals surface area contributed by atoms with Gasteiger partial charge in [0.25, 0.3) is 0 Å². The van der Waals surface area contributed by atoms with Crippen molar-refractivity contribution in [3.8, 4) is 0 Å². The number of hydrogen-bond acceptors (Lipinski definition) is 8. The van der Waals surface area contributed by atoms with Crippen LogP contribution in [-0.4, -0.2) is 76.8 Å². The standard InChI is InChI=1S/C29H32F4N6O3/c30-26-10-17-3-6-24(21(17)12-34-26)42-25-15-39(19-2-1-8-41-9-7-19)14-23(25)38-27(40)13-35-28-20-11-18(29(31,32)33)4-5-22(20)36-16-37-28/h4-5,10-12,16,19,23-25H,1-3,6-9,13-15H2,(H,38,40)(H,35,36,37)/t19?,23?,24?,25-/m0/s1. The quantitative estimate of drug-likeness (QED) is 0.315. The van der Waals surface area contributed by atoms with E-state index in [9.17, 15) is 22.4 Å². The number of carbonyl (C=O) groups excluding carboxylic acids is 1. The van der Waals surface area contributed by atoms with Crippen LogP contribution >= 0.6 is 0 Å². The number of benzene rings is 1. The minimum atomic E-state index is -4.52. The Kier molecular flexibility index (Phi) is 8.24. The van der Waals surface area contributed by atoms with Crippen LogP contribution in [0.2, 0.25) is 0 Å². The van der Waals surface area contributed by atoms with E-state index in [1.807, 2.05) is 0 Å².